The van der Waals surface area contributed by atoms with Gasteiger partial charge in [0.25, 0.3) is 7.52 Å². The van der Waals surface area contributed by atoms with Crippen molar-refractivity contribution in [2.45, 2.75) is 38.0 Å². The van der Waals surface area contributed by atoms with Crippen molar-refractivity contribution in [2.24, 2.45) is 0 Å². The number of carboxylic acid groups (broad SMARTS) is 1. The van der Waals surface area contributed by atoms with E-state index in [1.165, 1.54) is 11.8 Å². The van der Waals surface area contributed by atoms with Gasteiger partial charge >= 0.3 is 5.97 Å². The molecule has 1 unspecified atom stereocenters. The number of nitrogens with zero attached hydrogens (tertiary/aromatic N) is 1. The third kappa shape index (κ3) is 4.64. The monoisotopic (exact) mass is 340 g/mol. The Bertz CT molecular complexity index is 622. The van der Waals surface area contributed by atoms with Gasteiger partial charge in [0.1, 0.15) is 6.04 Å². The van der Waals surface area contributed by atoms with Crippen LogP contribution in [-0.2, 0) is 20.3 Å². The summed E-state index contributed by atoms with van der Waals surface area (Å²) in [6, 6.07) is 7.05. The van der Waals surface area contributed by atoms with Gasteiger partial charge in [0.05, 0.1) is 12.2 Å². The lowest BCUT2D eigenvalue weighted by atomic mass is 10.2. The van der Waals surface area contributed by atoms with Crippen LogP contribution in [0.5, 0.6) is 0 Å². The summed E-state index contributed by atoms with van der Waals surface area (Å²) >= 11 is 0. The Kier molecular flexibility index (Phi) is 5.57. The minimum Gasteiger partial charge on any atom is -0.480 e. The van der Waals surface area contributed by atoms with Crippen molar-refractivity contribution in [1.29, 1.82) is 0 Å². The van der Waals surface area contributed by atoms with Crippen LogP contribution in [0.25, 0.3) is 0 Å². The highest BCUT2D eigenvalue weighted by Crippen LogP contribution is 2.40. The first-order valence-corrected chi connectivity index (χ1v) is 9.31. The maximum atomic E-state index is 12.4. The summed E-state index contributed by atoms with van der Waals surface area (Å²) in [4.78, 5) is 34.8. The molecule has 3 atom stereocenters. The number of likely N-dealkylation sites (tertiary alicyclic amines) is 1. The van der Waals surface area contributed by atoms with E-state index < -0.39 is 31.5 Å². The Morgan fingerprint density at radius 1 is 1.39 bits per heavy atom. The molecule has 1 aromatic carbocycles. The predicted molar refractivity (Wildman–Crippen MR) is 84.9 cm³/mol. The molecule has 1 aromatic rings. The minimum atomic E-state index is -3.75. The van der Waals surface area contributed by atoms with Gasteiger partial charge < -0.3 is 14.9 Å². The van der Waals surface area contributed by atoms with Crippen LogP contribution in [0, 0.1) is 0 Å². The van der Waals surface area contributed by atoms with Gasteiger partial charge in [-0.3, -0.25) is 9.36 Å². The van der Waals surface area contributed by atoms with E-state index in [9.17, 15) is 19.0 Å². The van der Waals surface area contributed by atoms with E-state index >= 15 is 0 Å². The average molecular weight is 340 g/mol. The fourth-order valence-corrected chi connectivity index (χ4v) is 4.28. The fourth-order valence-electron chi connectivity index (χ4n) is 2.77. The number of rotatable bonds is 6. The molecule has 0 aromatic heterocycles. The van der Waals surface area contributed by atoms with Crippen molar-refractivity contribution < 1.29 is 24.2 Å². The van der Waals surface area contributed by atoms with Crippen LogP contribution in [-0.4, -0.2) is 45.4 Å². The number of carboxylic acids is 1. The standard InChI is InChI=1S/C15H21N2O5P/c1-11(14(18)17-9-5-8-13(17)15(19)20)16-23(21,22)10-12-6-3-2-4-7-12/h2-4,6-7,11,13H,5,8-10H2,1H3,(H,19,20)(H2,16,21,22)/t11-,13-/m0/s1. The molecular weight excluding hydrogens is 319 g/mol. The molecule has 1 aliphatic rings. The third-order valence-electron chi connectivity index (χ3n) is 3.83. The SMILES string of the molecule is C[C@H](NP(=O)(O)Cc1ccccc1)C(=O)N1CCC[C@H]1C(=O)O. The first-order chi connectivity index (χ1) is 10.8. The van der Waals surface area contributed by atoms with Crippen LogP contribution in [0.2, 0.25) is 0 Å². The number of carbonyl (C=O) groups is 2. The lowest BCUT2D eigenvalue weighted by Crippen LogP contribution is -2.48. The second kappa shape index (κ2) is 7.25. The molecule has 0 bridgehead atoms. The Morgan fingerprint density at radius 3 is 2.65 bits per heavy atom. The molecule has 7 nitrogen and oxygen atoms in total. The van der Waals surface area contributed by atoms with E-state index in [4.69, 9.17) is 5.11 Å². The highest BCUT2D eigenvalue weighted by Gasteiger charge is 2.37. The van der Waals surface area contributed by atoms with Crippen molar-refractivity contribution in [2.75, 3.05) is 6.54 Å². The van der Waals surface area contributed by atoms with Crippen LogP contribution in [0.4, 0.5) is 0 Å². The summed E-state index contributed by atoms with van der Waals surface area (Å²) < 4.78 is 12.3. The van der Waals surface area contributed by atoms with Gasteiger partial charge in [-0.05, 0) is 25.3 Å². The molecule has 0 radical (unpaired) electrons. The predicted octanol–water partition coefficient (Wildman–Crippen LogP) is 1.43. The molecule has 0 aliphatic carbocycles. The molecule has 1 aliphatic heterocycles. The lowest BCUT2D eigenvalue weighted by Gasteiger charge is -2.26. The van der Waals surface area contributed by atoms with Gasteiger partial charge in [0.2, 0.25) is 5.91 Å². The average Bonchev–Trinajstić information content (AvgIpc) is 2.95. The number of hydrogen-bond donors (Lipinski definition) is 3. The van der Waals surface area contributed by atoms with Crippen LogP contribution < -0.4 is 5.09 Å². The van der Waals surface area contributed by atoms with Gasteiger partial charge in [0, 0.05) is 6.54 Å². The zero-order valence-electron chi connectivity index (χ0n) is 12.9. The number of carbonyl (C=O) groups excluding carboxylic acids is 1. The highest BCUT2D eigenvalue weighted by molar-refractivity contribution is 7.55. The normalized spacial score (nSPS) is 21.7. The smallest absolute Gasteiger partial charge is 0.326 e. The lowest BCUT2D eigenvalue weighted by molar-refractivity contribution is -0.148. The second-order valence-corrected chi connectivity index (χ2v) is 7.70. The zero-order valence-corrected chi connectivity index (χ0v) is 13.8. The summed E-state index contributed by atoms with van der Waals surface area (Å²) in [5.41, 5.74) is 0.690. The van der Waals surface area contributed by atoms with E-state index in [1.807, 2.05) is 6.07 Å². The summed E-state index contributed by atoms with van der Waals surface area (Å²) in [7, 11) is -3.75. The number of hydrogen-bond acceptors (Lipinski definition) is 3. The van der Waals surface area contributed by atoms with Gasteiger partial charge in [-0.2, -0.15) is 0 Å². The minimum absolute atomic E-state index is 0.0895. The van der Waals surface area contributed by atoms with Crippen LogP contribution in [0.3, 0.4) is 0 Å². The number of amides is 1. The largest absolute Gasteiger partial charge is 0.480 e. The molecule has 1 amide bonds. The summed E-state index contributed by atoms with van der Waals surface area (Å²) in [6.45, 7) is 1.84. The number of benzene rings is 1. The van der Waals surface area contributed by atoms with Gasteiger partial charge in [-0.15, -0.1) is 0 Å². The second-order valence-electron chi connectivity index (χ2n) is 5.72. The molecule has 1 heterocycles. The number of aliphatic carboxylic acids is 1. The molecule has 2 rings (SSSR count). The first-order valence-electron chi connectivity index (χ1n) is 7.47. The van der Waals surface area contributed by atoms with Crippen LogP contribution in [0.15, 0.2) is 30.3 Å². The van der Waals surface area contributed by atoms with E-state index in [0.29, 0.717) is 24.9 Å². The van der Waals surface area contributed by atoms with Crippen LogP contribution >= 0.6 is 7.52 Å². The zero-order chi connectivity index (χ0) is 17.0. The van der Waals surface area contributed by atoms with Gasteiger partial charge in [0.15, 0.2) is 0 Å². The van der Waals surface area contributed by atoms with Crippen molar-refractivity contribution in [1.82, 2.24) is 9.99 Å². The Balaban J connectivity index is 2.00. The Hall–Kier alpha value is -1.69. The molecule has 23 heavy (non-hydrogen) atoms. The van der Waals surface area contributed by atoms with Crippen molar-refractivity contribution in [3.63, 3.8) is 0 Å². The van der Waals surface area contributed by atoms with Gasteiger partial charge in [-0.25, -0.2) is 9.88 Å². The van der Waals surface area contributed by atoms with E-state index in [0.717, 1.165) is 0 Å². The molecule has 1 fully saturated rings. The van der Waals surface area contributed by atoms with Crippen molar-refractivity contribution >= 4 is 19.4 Å². The number of nitrogens with one attached hydrogen (secondary N) is 1. The highest BCUT2D eigenvalue weighted by atomic mass is 31.2. The Labute approximate surface area is 134 Å². The fraction of sp³-hybridized carbons (Fsp3) is 0.467. The maximum Gasteiger partial charge on any atom is 0.326 e. The van der Waals surface area contributed by atoms with E-state index in [-0.39, 0.29) is 6.16 Å². The van der Waals surface area contributed by atoms with E-state index in [1.54, 1.807) is 24.3 Å². The molecule has 0 spiro atoms. The summed E-state index contributed by atoms with van der Waals surface area (Å²) in [5.74, 6) is -1.50. The van der Waals surface area contributed by atoms with Crippen LogP contribution in [0.1, 0.15) is 25.3 Å². The van der Waals surface area contributed by atoms with Gasteiger partial charge in [-0.1, -0.05) is 30.3 Å². The molecule has 1 saturated heterocycles. The molecule has 0 saturated carbocycles. The van der Waals surface area contributed by atoms with Crippen molar-refractivity contribution in [3.05, 3.63) is 35.9 Å². The van der Waals surface area contributed by atoms with E-state index in [2.05, 4.69) is 5.09 Å². The first kappa shape index (κ1) is 17.7. The molecular formula is C15H21N2O5P. The Morgan fingerprint density at radius 2 is 2.04 bits per heavy atom. The third-order valence-corrected chi connectivity index (χ3v) is 5.41. The maximum absolute atomic E-state index is 12.4. The molecule has 126 valence electrons. The summed E-state index contributed by atoms with van der Waals surface area (Å²) in [5, 5.41) is 11.6. The molecule has 3 N–H and O–H groups in total. The topological polar surface area (TPSA) is 107 Å². The summed E-state index contributed by atoms with van der Waals surface area (Å²) in [6.07, 6.45) is 0.943. The van der Waals surface area contributed by atoms with Crippen molar-refractivity contribution in [3.8, 4) is 0 Å². The molecule has 8 heteroatoms. The quantitative estimate of drug-likeness (QED) is 0.676.